The van der Waals surface area contributed by atoms with Crippen LogP contribution in [-0.4, -0.2) is 47.2 Å². The molecule has 7 heteroatoms. The third kappa shape index (κ3) is 4.77. The lowest BCUT2D eigenvalue weighted by Crippen LogP contribution is -2.48. The molecule has 1 saturated heterocycles. The van der Waals surface area contributed by atoms with E-state index in [1.54, 1.807) is 18.3 Å². The number of benzene rings is 1. The SMILES string of the molecule is CCOC(=O)[C@H](Cc1csc(-c2ccccc2)n1)N1COC(=O)[C@@H]1CC(C)C. The number of esters is 2. The van der Waals surface area contributed by atoms with E-state index in [1.807, 2.05) is 40.6 Å². The van der Waals surface area contributed by atoms with Crippen LogP contribution in [0.3, 0.4) is 0 Å². The Morgan fingerprint density at radius 1 is 1.36 bits per heavy atom. The minimum Gasteiger partial charge on any atom is -0.465 e. The third-order valence-electron chi connectivity index (χ3n) is 4.66. The summed E-state index contributed by atoms with van der Waals surface area (Å²) in [5, 5.41) is 2.87. The number of aromatic nitrogens is 1. The van der Waals surface area contributed by atoms with Crippen LogP contribution in [0.15, 0.2) is 35.7 Å². The molecule has 3 rings (SSSR count). The van der Waals surface area contributed by atoms with Gasteiger partial charge in [-0.3, -0.25) is 9.59 Å². The smallest absolute Gasteiger partial charge is 0.324 e. The van der Waals surface area contributed by atoms with E-state index in [0.29, 0.717) is 25.4 Å². The summed E-state index contributed by atoms with van der Waals surface area (Å²) in [5.74, 6) is -0.306. The van der Waals surface area contributed by atoms with Crippen LogP contribution < -0.4 is 0 Å². The summed E-state index contributed by atoms with van der Waals surface area (Å²) in [5.41, 5.74) is 1.85. The monoisotopic (exact) mass is 402 g/mol. The molecule has 0 amide bonds. The second-order valence-electron chi connectivity index (χ2n) is 7.23. The lowest BCUT2D eigenvalue weighted by molar-refractivity contribution is -0.150. The van der Waals surface area contributed by atoms with Gasteiger partial charge in [0.25, 0.3) is 0 Å². The molecular formula is C21H26N2O4S. The minimum atomic E-state index is -0.596. The highest BCUT2D eigenvalue weighted by Crippen LogP contribution is 2.27. The topological polar surface area (TPSA) is 68.7 Å². The summed E-state index contributed by atoms with van der Waals surface area (Å²) in [6.45, 7) is 6.28. The second kappa shape index (κ2) is 9.30. The number of cyclic esters (lactones) is 1. The third-order valence-corrected chi connectivity index (χ3v) is 5.60. The molecule has 2 aromatic rings. The second-order valence-corrected chi connectivity index (χ2v) is 8.09. The Bertz CT molecular complexity index is 806. The summed E-state index contributed by atoms with van der Waals surface area (Å²) < 4.78 is 10.6. The van der Waals surface area contributed by atoms with E-state index in [1.165, 1.54) is 0 Å². The van der Waals surface area contributed by atoms with E-state index in [0.717, 1.165) is 16.3 Å². The zero-order valence-electron chi connectivity index (χ0n) is 16.5. The van der Waals surface area contributed by atoms with Crippen molar-refractivity contribution in [3.8, 4) is 10.6 Å². The molecule has 0 spiro atoms. The molecule has 0 saturated carbocycles. The zero-order valence-corrected chi connectivity index (χ0v) is 17.3. The predicted octanol–water partition coefficient (Wildman–Crippen LogP) is 3.52. The van der Waals surface area contributed by atoms with E-state index < -0.39 is 12.1 Å². The predicted molar refractivity (Wildman–Crippen MR) is 108 cm³/mol. The quantitative estimate of drug-likeness (QED) is 0.630. The van der Waals surface area contributed by atoms with Crippen molar-refractivity contribution < 1.29 is 19.1 Å². The average Bonchev–Trinajstić information content (AvgIpc) is 3.28. The summed E-state index contributed by atoms with van der Waals surface area (Å²) in [6.07, 6.45) is 1.02. The van der Waals surface area contributed by atoms with Crippen LogP contribution in [0.5, 0.6) is 0 Å². The largest absolute Gasteiger partial charge is 0.465 e. The van der Waals surface area contributed by atoms with Gasteiger partial charge < -0.3 is 9.47 Å². The minimum absolute atomic E-state index is 0.107. The lowest BCUT2D eigenvalue weighted by atomic mass is 10.0. The van der Waals surface area contributed by atoms with Crippen molar-refractivity contribution in [3.05, 3.63) is 41.4 Å². The van der Waals surface area contributed by atoms with Gasteiger partial charge in [-0.2, -0.15) is 0 Å². The van der Waals surface area contributed by atoms with Crippen LogP contribution >= 0.6 is 11.3 Å². The number of thiazole rings is 1. The highest BCUT2D eigenvalue weighted by molar-refractivity contribution is 7.13. The Kier molecular flexibility index (Phi) is 6.80. The van der Waals surface area contributed by atoms with Crippen LogP contribution in [-0.2, 0) is 25.5 Å². The van der Waals surface area contributed by atoms with Crippen molar-refractivity contribution in [2.45, 2.75) is 45.7 Å². The van der Waals surface area contributed by atoms with Crippen LogP contribution in [0.4, 0.5) is 0 Å². The van der Waals surface area contributed by atoms with E-state index in [-0.39, 0.29) is 18.7 Å². The van der Waals surface area contributed by atoms with Crippen molar-refractivity contribution >= 4 is 23.3 Å². The van der Waals surface area contributed by atoms with Crippen molar-refractivity contribution in [3.63, 3.8) is 0 Å². The van der Waals surface area contributed by atoms with Crippen molar-refractivity contribution in [2.75, 3.05) is 13.3 Å². The Morgan fingerprint density at radius 2 is 2.11 bits per heavy atom. The highest BCUT2D eigenvalue weighted by Gasteiger charge is 2.42. The fraction of sp³-hybridized carbons (Fsp3) is 0.476. The van der Waals surface area contributed by atoms with Crippen LogP contribution in [0.1, 0.15) is 32.9 Å². The lowest BCUT2D eigenvalue weighted by Gasteiger charge is -2.28. The molecule has 28 heavy (non-hydrogen) atoms. The molecule has 1 aliphatic rings. The molecule has 2 atom stereocenters. The first-order chi connectivity index (χ1) is 13.5. The molecule has 0 bridgehead atoms. The van der Waals surface area contributed by atoms with Gasteiger partial charge in [0.15, 0.2) is 0 Å². The van der Waals surface area contributed by atoms with Gasteiger partial charge in [-0.1, -0.05) is 44.2 Å². The van der Waals surface area contributed by atoms with Crippen LogP contribution in [0.2, 0.25) is 0 Å². The van der Waals surface area contributed by atoms with Gasteiger partial charge >= 0.3 is 11.9 Å². The van der Waals surface area contributed by atoms with Gasteiger partial charge in [0.1, 0.15) is 23.8 Å². The fourth-order valence-electron chi connectivity index (χ4n) is 3.33. The Labute approximate surface area is 169 Å². The molecule has 1 aliphatic heterocycles. The van der Waals surface area contributed by atoms with E-state index in [2.05, 4.69) is 13.8 Å². The molecule has 6 nitrogen and oxygen atoms in total. The Morgan fingerprint density at radius 3 is 2.79 bits per heavy atom. The molecule has 0 N–H and O–H groups in total. The molecule has 1 fully saturated rings. The maximum Gasteiger partial charge on any atom is 0.324 e. The van der Waals surface area contributed by atoms with Gasteiger partial charge in [-0.25, -0.2) is 9.88 Å². The number of rotatable bonds is 8. The average molecular weight is 403 g/mol. The zero-order chi connectivity index (χ0) is 20.1. The maximum atomic E-state index is 12.7. The van der Waals surface area contributed by atoms with Crippen LogP contribution in [0, 0.1) is 5.92 Å². The van der Waals surface area contributed by atoms with E-state index in [4.69, 9.17) is 14.5 Å². The Hall–Kier alpha value is -2.25. The fourth-order valence-corrected chi connectivity index (χ4v) is 4.17. The summed E-state index contributed by atoms with van der Waals surface area (Å²) in [4.78, 5) is 31.4. The van der Waals surface area contributed by atoms with Crippen molar-refractivity contribution in [1.82, 2.24) is 9.88 Å². The molecule has 0 unspecified atom stereocenters. The maximum absolute atomic E-state index is 12.7. The van der Waals surface area contributed by atoms with Gasteiger partial charge in [0, 0.05) is 17.4 Å². The first kappa shape index (κ1) is 20.5. The van der Waals surface area contributed by atoms with Crippen molar-refractivity contribution in [1.29, 1.82) is 0 Å². The number of nitrogens with zero attached hydrogens (tertiary/aromatic N) is 2. The first-order valence-corrected chi connectivity index (χ1v) is 10.5. The van der Waals surface area contributed by atoms with E-state index >= 15 is 0 Å². The number of hydrogen-bond donors (Lipinski definition) is 0. The molecule has 1 aromatic carbocycles. The number of ether oxygens (including phenoxy) is 2. The number of hydrogen-bond acceptors (Lipinski definition) is 7. The van der Waals surface area contributed by atoms with E-state index in [9.17, 15) is 9.59 Å². The Balaban J connectivity index is 1.82. The molecule has 0 aliphatic carbocycles. The standard InChI is InChI=1S/C21H26N2O4S/c1-4-26-20(24)18(23-13-27-21(25)17(23)10-14(2)3)11-16-12-28-19(22-16)15-8-6-5-7-9-15/h5-9,12,14,17-18H,4,10-11,13H2,1-3H3/t17-,18-/m0/s1. The molecular weight excluding hydrogens is 376 g/mol. The summed E-state index contributed by atoms with van der Waals surface area (Å²) >= 11 is 1.54. The van der Waals surface area contributed by atoms with Crippen LogP contribution in [0.25, 0.3) is 10.6 Å². The van der Waals surface area contributed by atoms with Gasteiger partial charge in [-0.15, -0.1) is 11.3 Å². The van der Waals surface area contributed by atoms with Gasteiger partial charge in [-0.05, 0) is 19.3 Å². The first-order valence-electron chi connectivity index (χ1n) is 9.58. The van der Waals surface area contributed by atoms with Crippen molar-refractivity contribution in [2.24, 2.45) is 5.92 Å². The molecule has 0 radical (unpaired) electrons. The van der Waals surface area contributed by atoms with Gasteiger partial charge in [0.05, 0.1) is 12.3 Å². The molecule has 150 valence electrons. The molecule has 1 aromatic heterocycles. The highest BCUT2D eigenvalue weighted by atomic mass is 32.1. The molecule has 2 heterocycles. The summed E-state index contributed by atoms with van der Waals surface area (Å²) in [7, 11) is 0. The summed E-state index contributed by atoms with van der Waals surface area (Å²) in [6, 6.07) is 8.91. The van der Waals surface area contributed by atoms with Gasteiger partial charge in [0.2, 0.25) is 0 Å². The number of carbonyl (C=O) groups is 2. The number of carbonyl (C=O) groups excluding carboxylic acids is 2. The normalized spacial score (nSPS) is 18.3.